The Morgan fingerprint density at radius 2 is 2.04 bits per heavy atom. The van der Waals surface area contributed by atoms with Crippen molar-refractivity contribution in [3.63, 3.8) is 0 Å². The highest BCUT2D eigenvalue weighted by Gasteiger charge is 2.22. The molecule has 6 nitrogen and oxygen atoms in total. The first-order valence-electron chi connectivity index (χ1n) is 8.48. The maximum absolute atomic E-state index is 6.20. The van der Waals surface area contributed by atoms with Crippen molar-refractivity contribution in [1.29, 1.82) is 0 Å². The van der Waals surface area contributed by atoms with Crippen LogP contribution < -0.4 is 16.4 Å². The van der Waals surface area contributed by atoms with Gasteiger partial charge in [0.15, 0.2) is 0 Å². The van der Waals surface area contributed by atoms with Gasteiger partial charge in [0.25, 0.3) is 0 Å². The van der Waals surface area contributed by atoms with Crippen LogP contribution in [0.1, 0.15) is 25.7 Å². The molecule has 0 amide bonds. The summed E-state index contributed by atoms with van der Waals surface area (Å²) in [6.07, 6.45) is 8.26. The van der Waals surface area contributed by atoms with Crippen molar-refractivity contribution in [2.24, 2.45) is 5.73 Å². The number of hydrogen-bond acceptors (Lipinski definition) is 5. The van der Waals surface area contributed by atoms with Gasteiger partial charge in [0, 0.05) is 41.1 Å². The van der Waals surface area contributed by atoms with Gasteiger partial charge in [0.05, 0.1) is 0 Å². The number of aromatic amines is 1. The Kier molecular flexibility index (Phi) is 4.04. The third-order valence-electron chi connectivity index (χ3n) is 4.65. The summed E-state index contributed by atoms with van der Waals surface area (Å²) in [5.41, 5.74) is 8.32. The van der Waals surface area contributed by atoms with E-state index in [4.69, 9.17) is 5.73 Å². The molecular weight excluding hydrogens is 300 g/mol. The summed E-state index contributed by atoms with van der Waals surface area (Å²) < 4.78 is 0. The van der Waals surface area contributed by atoms with Crippen molar-refractivity contribution in [2.45, 2.75) is 37.8 Å². The highest BCUT2D eigenvalue weighted by Crippen LogP contribution is 2.25. The number of nitrogens with two attached hydrogens (primary N) is 1. The van der Waals surface area contributed by atoms with Gasteiger partial charge >= 0.3 is 0 Å². The number of benzene rings is 1. The van der Waals surface area contributed by atoms with Gasteiger partial charge in [-0.15, -0.1) is 0 Å². The Bertz CT molecular complexity index is 827. The smallest absolute Gasteiger partial charge is 0.224 e. The lowest BCUT2D eigenvalue weighted by atomic mass is 9.91. The molecule has 1 fully saturated rings. The van der Waals surface area contributed by atoms with Gasteiger partial charge in [0.1, 0.15) is 5.82 Å². The summed E-state index contributed by atoms with van der Waals surface area (Å²) in [5.74, 6) is 1.40. The maximum Gasteiger partial charge on any atom is 0.224 e. The predicted molar refractivity (Wildman–Crippen MR) is 97.5 cm³/mol. The van der Waals surface area contributed by atoms with Crippen LogP contribution in [0.15, 0.2) is 42.7 Å². The van der Waals surface area contributed by atoms with Gasteiger partial charge in [-0.05, 0) is 37.1 Å². The van der Waals surface area contributed by atoms with E-state index in [-0.39, 0.29) is 12.1 Å². The van der Waals surface area contributed by atoms with Crippen molar-refractivity contribution >= 4 is 28.4 Å². The molecule has 1 aliphatic rings. The first-order valence-corrected chi connectivity index (χ1v) is 8.48. The van der Waals surface area contributed by atoms with E-state index in [0.717, 1.165) is 35.2 Å². The molecule has 0 radical (unpaired) electrons. The summed E-state index contributed by atoms with van der Waals surface area (Å²) in [4.78, 5) is 12.1. The molecule has 0 unspecified atom stereocenters. The van der Waals surface area contributed by atoms with Crippen molar-refractivity contribution in [2.75, 3.05) is 10.6 Å². The highest BCUT2D eigenvalue weighted by atomic mass is 15.2. The molecule has 124 valence electrons. The van der Waals surface area contributed by atoms with Crippen LogP contribution in [0.4, 0.5) is 17.5 Å². The molecule has 2 aromatic heterocycles. The fourth-order valence-corrected chi connectivity index (χ4v) is 3.33. The van der Waals surface area contributed by atoms with Crippen LogP contribution in [0.5, 0.6) is 0 Å². The SMILES string of the molecule is N[C@H]1CCCC[C@H]1Nc1nccc(Nc2cccc3[nH]ccc23)n1. The van der Waals surface area contributed by atoms with E-state index in [1.54, 1.807) is 6.20 Å². The summed E-state index contributed by atoms with van der Waals surface area (Å²) >= 11 is 0. The first kappa shape index (κ1) is 15.0. The van der Waals surface area contributed by atoms with Gasteiger partial charge in [-0.1, -0.05) is 18.9 Å². The minimum Gasteiger partial charge on any atom is -0.361 e. The summed E-state index contributed by atoms with van der Waals surface area (Å²) in [5, 5.41) is 7.91. The van der Waals surface area contributed by atoms with Gasteiger partial charge in [-0.2, -0.15) is 4.98 Å². The molecule has 0 spiro atoms. The lowest BCUT2D eigenvalue weighted by Gasteiger charge is -2.29. The Morgan fingerprint density at radius 3 is 2.96 bits per heavy atom. The maximum atomic E-state index is 6.20. The second-order valence-corrected chi connectivity index (χ2v) is 6.33. The minimum atomic E-state index is 0.174. The number of fused-ring (bicyclic) bond motifs is 1. The van der Waals surface area contributed by atoms with Crippen LogP contribution in [-0.4, -0.2) is 27.0 Å². The Morgan fingerprint density at radius 1 is 1.12 bits per heavy atom. The zero-order valence-corrected chi connectivity index (χ0v) is 13.5. The molecule has 1 saturated carbocycles. The zero-order chi connectivity index (χ0) is 16.4. The van der Waals surface area contributed by atoms with Crippen molar-refractivity contribution in [3.05, 3.63) is 42.7 Å². The number of anilines is 3. The normalized spacial score (nSPS) is 20.9. The summed E-state index contributed by atoms with van der Waals surface area (Å²) in [6.45, 7) is 0. The Hall–Kier alpha value is -2.60. The molecular formula is C18H22N6. The van der Waals surface area contributed by atoms with E-state index in [1.165, 1.54) is 12.8 Å². The molecule has 3 aromatic rings. The second-order valence-electron chi connectivity index (χ2n) is 6.33. The van der Waals surface area contributed by atoms with Gasteiger partial charge in [-0.25, -0.2) is 4.98 Å². The topological polar surface area (TPSA) is 91.6 Å². The molecule has 1 aromatic carbocycles. The molecule has 0 aliphatic heterocycles. The van der Waals surface area contributed by atoms with Crippen LogP contribution in [-0.2, 0) is 0 Å². The van der Waals surface area contributed by atoms with E-state index in [0.29, 0.717) is 5.95 Å². The monoisotopic (exact) mass is 322 g/mol. The van der Waals surface area contributed by atoms with Gasteiger partial charge in [0.2, 0.25) is 5.95 Å². The number of H-pyrrole nitrogens is 1. The van der Waals surface area contributed by atoms with Crippen molar-refractivity contribution in [3.8, 4) is 0 Å². The van der Waals surface area contributed by atoms with Crippen molar-refractivity contribution in [1.82, 2.24) is 15.0 Å². The summed E-state index contributed by atoms with van der Waals surface area (Å²) in [7, 11) is 0. The van der Waals surface area contributed by atoms with E-state index in [1.807, 2.05) is 24.4 Å². The number of rotatable bonds is 4. The van der Waals surface area contributed by atoms with E-state index in [2.05, 4.69) is 37.7 Å². The van der Waals surface area contributed by atoms with E-state index in [9.17, 15) is 0 Å². The molecule has 6 heteroatoms. The number of nitrogens with one attached hydrogen (secondary N) is 3. The van der Waals surface area contributed by atoms with E-state index >= 15 is 0 Å². The quantitative estimate of drug-likeness (QED) is 0.591. The average Bonchev–Trinajstić information content (AvgIpc) is 3.07. The van der Waals surface area contributed by atoms with E-state index < -0.39 is 0 Å². The third-order valence-corrected chi connectivity index (χ3v) is 4.65. The molecule has 5 N–H and O–H groups in total. The Balaban J connectivity index is 1.53. The third kappa shape index (κ3) is 3.05. The number of hydrogen-bond donors (Lipinski definition) is 4. The first-order chi connectivity index (χ1) is 11.8. The number of nitrogens with zero attached hydrogens (tertiary/aromatic N) is 2. The van der Waals surface area contributed by atoms with Gasteiger partial charge < -0.3 is 21.4 Å². The predicted octanol–water partition coefficient (Wildman–Crippen LogP) is 3.38. The molecule has 24 heavy (non-hydrogen) atoms. The molecule has 2 atom stereocenters. The minimum absolute atomic E-state index is 0.174. The zero-order valence-electron chi connectivity index (χ0n) is 13.5. The lowest BCUT2D eigenvalue weighted by Crippen LogP contribution is -2.42. The van der Waals surface area contributed by atoms with Crippen LogP contribution in [0.25, 0.3) is 10.9 Å². The lowest BCUT2D eigenvalue weighted by molar-refractivity contribution is 0.402. The second kappa shape index (κ2) is 6.49. The number of aromatic nitrogens is 3. The van der Waals surface area contributed by atoms with Crippen LogP contribution in [0, 0.1) is 0 Å². The average molecular weight is 322 g/mol. The van der Waals surface area contributed by atoms with Crippen LogP contribution in [0.3, 0.4) is 0 Å². The Labute approximate surface area is 140 Å². The summed E-state index contributed by atoms with van der Waals surface area (Å²) in [6, 6.07) is 10.5. The highest BCUT2D eigenvalue weighted by molar-refractivity contribution is 5.93. The standard InChI is InChI=1S/C18H22N6/c19-13-4-1-2-5-16(13)23-18-21-11-9-17(24-18)22-15-7-3-6-14-12(15)8-10-20-14/h3,6-11,13,16,20H,1-2,4-5,19H2,(H2,21,22,23,24)/t13-,16+/m0/s1. The molecule has 2 heterocycles. The fraction of sp³-hybridized carbons (Fsp3) is 0.333. The van der Waals surface area contributed by atoms with Crippen LogP contribution in [0.2, 0.25) is 0 Å². The molecule has 1 aliphatic carbocycles. The fourth-order valence-electron chi connectivity index (χ4n) is 3.33. The molecule has 0 saturated heterocycles. The van der Waals surface area contributed by atoms with Gasteiger partial charge in [-0.3, -0.25) is 0 Å². The van der Waals surface area contributed by atoms with Crippen LogP contribution >= 0.6 is 0 Å². The molecule has 4 rings (SSSR count). The largest absolute Gasteiger partial charge is 0.361 e. The van der Waals surface area contributed by atoms with Crippen molar-refractivity contribution < 1.29 is 0 Å². The molecule has 0 bridgehead atoms.